The second-order valence-corrected chi connectivity index (χ2v) is 8.39. The molecule has 0 spiro atoms. The maximum atomic E-state index is 6.22. The van der Waals surface area contributed by atoms with Crippen molar-refractivity contribution in [1.29, 1.82) is 0 Å². The van der Waals surface area contributed by atoms with E-state index in [0.29, 0.717) is 17.8 Å². The molecule has 2 aromatic rings. The number of nitrogens with zero attached hydrogens (tertiary/aromatic N) is 4. The lowest BCUT2D eigenvalue weighted by molar-refractivity contribution is -0.169. The molecule has 1 saturated carbocycles. The number of rotatable bonds is 3. The Morgan fingerprint density at radius 2 is 2.08 bits per heavy atom. The molecule has 0 bridgehead atoms. The van der Waals surface area contributed by atoms with Crippen molar-refractivity contribution in [1.82, 2.24) is 19.5 Å². The highest BCUT2D eigenvalue weighted by molar-refractivity contribution is 7.09. The standard InChI is InChI=1S/C15H19Cl2N4O3P/c1-14(2)23-9-7(4-15(3,5-22-25)10(9)24-14)21-6-18-8-11(16)19-13(17)20-12(8)21/h6-7,9-10H,4-5,25H2,1-3H3/t7-,9-,10?,15+/m1/s1. The molecule has 2 unspecified atom stereocenters. The Hall–Kier alpha value is -0.560. The second kappa shape index (κ2) is 5.98. The van der Waals surface area contributed by atoms with E-state index in [4.69, 9.17) is 37.2 Å². The van der Waals surface area contributed by atoms with Crippen LogP contribution in [0, 0.1) is 5.41 Å². The summed E-state index contributed by atoms with van der Waals surface area (Å²) in [4.78, 5) is 12.6. The predicted molar refractivity (Wildman–Crippen MR) is 96.6 cm³/mol. The van der Waals surface area contributed by atoms with Gasteiger partial charge in [-0.3, -0.25) is 0 Å². The zero-order chi connectivity index (χ0) is 18.0. The number of hydrogen-bond donors (Lipinski definition) is 0. The van der Waals surface area contributed by atoms with E-state index in [1.165, 1.54) is 0 Å². The van der Waals surface area contributed by atoms with Crippen LogP contribution in [-0.2, 0) is 14.0 Å². The van der Waals surface area contributed by atoms with Crippen molar-refractivity contribution in [2.45, 2.75) is 51.2 Å². The Balaban J connectivity index is 1.80. The molecule has 0 N–H and O–H groups in total. The summed E-state index contributed by atoms with van der Waals surface area (Å²) < 4.78 is 19.8. The van der Waals surface area contributed by atoms with Gasteiger partial charge in [-0.1, -0.05) is 18.5 Å². The molecule has 5 atom stereocenters. The number of halogens is 2. The van der Waals surface area contributed by atoms with Gasteiger partial charge in [-0.2, -0.15) is 4.98 Å². The molecule has 7 nitrogen and oxygen atoms in total. The topological polar surface area (TPSA) is 71.3 Å². The van der Waals surface area contributed by atoms with E-state index in [-0.39, 0.29) is 34.1 Å². The van der Waals surface area contributed by atoms with Crippen LogP contribution in [0.2, 0.25) is 10.4 Å². The van der Waals surface area contributed by atoms with Crippen LogP contribution in [0.4, 0.5) is 0 Å². The van der Waals surface area contributed by atoms with Crippen LogP contribution in [0.5, 0.6) is 0 Å². The Morgan fingerprint density at radius 3 is 2.80 bits per heavy atom. The maximum absolute atomic E-state index is 6.22. The number of aromatic nitrogens is 4. The molecule has 3 heterocycles. The van der Waals surface area contributed by atoms with Crippen LogP contribution in [0.1, 0.15) is 33.2 Å². The molecule has 2 aliphatic rings. The van der Waals surface area contributed by atoms with Gasteiger partial charge >= 0.3 is 0 Å². The molecule has 1 saturated heterocycles. The molecule has 2 aromatic heterocycles. The molecule has 25 heavy (non-hydrogen) atoms. The Morgan fingerprint density at radius 1 is 1.32 bits per heavy atom. The normalized spacial score (nSPS) is 33.9. The fourth-order valence-electron chi connectivity index (χ4n) is 4.01. The average Bonchev–Trinajstić information content (AvgIpc) is 3.12. The molecule has 1 aliphatic heterocycles. The summed E-state index contributed by atoms with van der Waals surface area (Å²) in [7, 11) is 2.31. The van der Waals surface area contributed by atoms with Crippen molar-refractivity contribution >= 4 is 43.8 Å². The van der Waals surface area contributed by atoms with E-state index in [9.17, 15) is 0 Å². The fraction of sp³-hybridized carbons (Fsp3) is 0.667. The minimum absolute atomic E-state index is 0.0241. The molecule has 2 fully saturated rings. The van der Waals surface area contributed by atoms with Crippen molar-refractivity contribution in [3.63, 3.8) is 0 Å². The number of hydrogen-bond acceptors (Lipinski definition) is 6. The zero-order valence-corrected chi connectivity index (χ0v) is 16.7. The molecular formula is C15H19Cl2N4O3P. The monoisotopic (exact) mass is 404 g/mol. The summed E-state index contributed by atoms with van der Waals surface area (Å²) in [5.41, 5.74) is 0.914. The Kier molecular flexibility index (Phi) is 4.26. The van der Waals surface area contributed by atoms with Gasteiger partial charge < -0.3 is 18.6 Å². The molecular weight excluding hydrogens is 386 g/mol. The molecule has 4 rings (SSSR count). The highest BCUT2D eigenvalue weighted by Gasteiger charge is 2.60. The third kappa shape index (κ3) is 2.85. The van der Waals surface area contributed by atoms with Gasteiger partial charge in [0.05, 0.1) is 25.1 Å². The van der Waals surface area contributed by atoms with Crippen LogP contribution in [-0.4, -0.2) is 44.1 Å². The minimum Gasteiger partial charge on any atom is -0.365 e. The first-order valence-corrected chi connectivity index (χ1v) is 9.20. The zero-order valence-electron chi connectivity index (χ0n) is 14.1. The third-order valence-corrected chi connectivity index (χ3v) is 5.59. The van der Waals surface area contributed by atoms with Gasteiger partial charge in [-0.15, -0.1) is 0 Å². The maximum Gasteiger partial charge on any atom is 0.225 e. The van der Waals surface area contributed by atoms with E-state index in [2.05, 4.69) is 31.3 Å². The summed E-state index contributed by atoms with van der Waals surface area (Å²) >= 11 is 12.2. The van der Waals surface area contributed by atoms with Gasteiger partial charge in [0.25, 0.3) is 0 Å². The van der Waals surface area contributed by atoms with E-state index in [0.717, 1.165) is 6.42 Å². The first-order valence-electron chi connectivity index (χ1n) is 7.97. The van der Waals surface area contributed by atoms with Crippen molar-refractivity contribution in [2.24, 2.45) is 5.41 Å². The van der Waals surface area contributed by atoms with Crippen LogP contribution in [0.25, 0.3) is 11.2 Å². The lowest BCUT2D eigenvalue weighted by Gasteiger charge is -2.30. The summed E-state index contributed by atoms with van der Waals surface area (Å²) in [5.74, 6) is -0.656. The molecule has 0 radical (unpaired) electrons. The van der Waals surface area contributed by atoms with Crippen molar-refractivity contribution in [2.75, 3.05) is 6.61 Å². The van der Waals surface area contributed by atoms with E-state index in [1.807, 2.05) is 18.4 Å². The van der Waals surface area contributed by atoms with E-state index < -0.39 is 5.79 Å². The number of imidazole rings is 1. The van der Waals surface area contributed by atoms with Crippen LogP contribution in [0.15, 0.2) is 6.33 Å². The molecule has 0 amide bonds. The van der Waals surface area contributed by atoms with Gasteiger partial charge in [-0.05, 0) is 31.9 Å². The molecule has 136 valence electrons. The van der Waals surface area contributed by atoms with Crippen LogP contribution in [0.3, 0.4) is 0 Å². The largest absolute Gasteiger partial charge is 0.365 e. The SMILES string of the molecule is CC1(C)OC2[C@H](O1)[C@H](n1cnc3c(Cl)nc(Cl)nc31)C[C@@]2(C)COP. The summed E-state index contributed by atoms with van der Waals surface area (Å²) in [5, 5.41) is 0.331. The van der Waals surface area contributed by atoms with Gasteiger partial charge in [-0.25, -0.2) is 9.97 Å². The summed E-state index contributed by atoms with van der Waals surface area (Å²) in [6.45, 7) is 6.53. The smallest absolute Gasteiger partial charge is 0.225 e. The van der Waals surface area contributed by atoms with E-state index >= 15 is 0 Å². The van der Waals surface area contributed by atoms with E-state index in [1.54, 1.807) is 6.33 Å². The average molecular weight is 405 g/mol. The first-order chi connectivity index (χ1) is 11.7. The Labute approximate surface area is 157 Å². The summed E-state index contributed by atoms with van der Waals surface area (Å²) in [6.07, 6.45) is 2.26. The Bertz CT molecular complexity index is 832. The predicted octanol–water partition coefficient (Wildman–Crippen LogP) is 3.41. The van der Waals surface area contributed by atoms with Gasteiger partial charge in [0, 0.05) is 14.9 Å². The van der Waals surface area contributed by atoms with Crippen molar-refractivity contribution in [3.05, 3.63) is 16.8 Å². The third-order valence-electron chi connectivity index (χ3n) is 4.99. The molecule has 1 aliphatic carbocycles. The summed E-state index contributed by atoms with van der Waals surface area (Å²) in [6, 6.07) is -0.0241. The van der Waals surface area contributed by atoms with Crippen LogP contribution < -0.4 is 0 Å². The number of fused-ring (bicyclic) bond motifs is 2. The van der Waals surface area contributed by atoms with Crippen molar-refractivity contribution < 1.29 is 14.0 Å². The van der Waals surface area contributed by atoms with Gasteiger partial charge in [0.1, 0.15) is 11.6 Å². The molecule has 0 aromatic carbocycles. The first kappa shape index (κ1) is 17.8. The minimum atomic E-state index is -0.656. The fourth-order valence-corrected chi connectivity index (χ4v) is 4.81. The lowest BCUT2D eigenvalue weighted by atomic mass is 9.87. The van der Waals surface area contributed by atoms with Crippen LogP contribution >= 0.6 is 32.7 Å². The number of ether oxygens (including phenoxy) is 2. The van der Waals surface area contributed by atoms with Gasteiger partial charge in [0.2, 0.25) is 5.28 Å². The highest BCUT2D eigenvalue weighted by atomic mass is 35.5. The van der Waals surface area contributed by atoms with Crippen molar-refractivity contribution in [3.8, 4) is 0 Å². The molecule has 10 heteroatoms. The quantitative estimate of drug-likeness (QED) is 0.443. The second-order valence-electron chi connectivity index (χ2n) is 7.36. The van der Waals surface area contributed by atoms with Gasteiger partial charge in [0.15, 0.2) is 16.6 Å². The lowest BCUT2D eigenvalue weighted by Crippen LogP contribution is -2.36. The highest BCUT2D eigenvalue weighted by Crippen LogP contribution is 2.54.